The molecule has 106 valence electrons. The van der Waals surface area contributed by atoms with Crippen LogP contribution >= 0.6 is 0 Å². The van der Waals surface area contributed by atoms with Gasteiger partial charge in [0.25, 0.3) is 0 Å². The lowest BCUT2D eigenvalue weighted by Gasteiger charge is -2.17. The number of hydrogen-bond donors (Lipinski definition) is 1. The van der Waals surface area contributed by atoms with Crippen molar-refractivity contribution in [1.29, 1.82) is 0 Å². The van der Waals surface area contributed by atoms with Gasteiger partial charge >= 0.3 is 0 Å². The van der Waals surface area contributed by atoms with E-state index < -0.39 is 0 Å². The summed E-state index contributed by atoms with van der Waals surface area (Å²) in [5, 5.41) is 3.64. The SMILES string of the molecule is COCCC1(CNCCC(C)c2ccccc2)CC1. The highest BCUT2D eigenvalue weighted by molar-refractivity contribution is 5.18. The van der Waals surface area contributed by atoms with Crippen molar-refractivity contribution in [3.8, 4) is 0 Å². The van der Waals surface area contributed by atoms with Crippen LogP contribution < -0.4 is 5.32 Å². The average Bonchev–Trinajstić information content (AvgIpc) is 3.23. The van der Waals surface area contributed by atoms with Gasteiger partial charge < -0.3 is 10.1 Å². The van der Waals surface area contributed by atoms with Gasteiger partial charge in [-0.15, -0.1) is 0 Å². The largest absolute Gasteiger partial charge is 0.385 e. The van der Waals surface area contributed by atoms with Crippen molar-refractivity contribution in [2.75, 3.05) is 26.8 Å². The van der Waals surface area contributed by atoms with Gasteiger partial charge in [-0.25, -0.2) is 0 Å². The van der Waals surface area contributed by atoms with Crippen LogP contribution in [0.3, 0.4) is 0 Å². The maximum Gasteiger partial charge on any atom is 0.0468 e. The van der Waals surface area contributed by atoms with Crippen LogP contribution in [-0.4, -0.2) is 26.8 Å². The molecule has 1 aliphatic carbocycles. The molecular formula is C17H27NO. The Hall–Kier alpha value is -0.860. The van der Waals surface area contributed by atoms with Crippen LogP contribution in [0.5, 0.6) is 0 Å². The van der Waals surface area contributed by atoms with E-state index in [0.717, 1.165) is 19.7 Å². The van der Waals surface area contributed by atoms with E-state index in [1.54, 1.807) is 7.11 Å². The zero-order chi connectivity index (χ0) is 13.6. The van der Waals surface area contributed by atoms with Gasteiger partial charge in [0.1, 0.15) is 0 Å². The molecule has 2 rings (SSSR count). The zero-order valence-corrected chi connectivity index (χ0v) is 12.3. The molecule has 1 aromatic rings. The Balaban J connectivity index is 1.62. The van der Waals surface area contributed by atoms with Crippen LogP contribution in [0.2, 0.25) is 0 Å². The summed E-state index contributed by atoms with van der Waals surface area (Å²) in [4.78, 5) is 0. The van der Waals surface area contributed by atoms with E-state index in [0.29, 0.717) is 11.3 Å². The zero-order valence-electron chi connectivity index (χ0n) is 12.3. The fraction of sp³-hybridized carbons (Fsp3) is 0.647. The third-order valence-corrected chi connectivity index (χ3v) is 4.42. The van der Waals surface area contributed by atoms with Crippen molar-refractivity contribution in [1.82, 2.24) is 5.32 Å². The second kappa shape index (κ2) is 7.06. The summed E-state index contributed by atoms with van der Waals surface area (Å²) in [5.41, 5.74) is 2.01. The molecule has 2 nitrogen and oxygen atoms in total. The maximum atomic E-state index is 5.19. The summed E-state index contributed by atoms with van der Waals surface area (Å²) in [6.07, 6.45) is 5.17. The lowest BCUT2D eigenvalue weighted by molar-refractivity contribution is 0.171. The first kappa shape index (κ1) is 14.5. The van der Waals surface area contributed by atoms with Crippen molar-refractivity contribution in [3.05, 3.63) is 35.9 Å². The molecule has 0 radical (unpaired) electrons. The maximum absolute atomic E-state index is 5.19. The van der Waals surface area contributed by atoms with Crippen LogP contribution in [0.25, 0.3) is 0 Å². The third kappa shape index (κ3) is 4.63. The minimum Gasteiger partial charge on any atom is -0.385 e. The molecule has 0 heterocycles. The number of nitrogens with one attached hydrogen (secondary N) is 1. The van der Waals surface area contributed by atoms with Gasteiger partial charge in [-0.2, -0.15) is 0 Å². The predicted molar refractivity (Wildman–Crippen MR) is 80.5 cm³/mol. The Kier molecular flexibility index (Phi) is 5.41. The first-order valence-corrected chi connectivity index (χ1v) is 7.50. The molecule has 1 unspecified atom stereocenters. The van der Waals surface area contributed by atoms with Crippen LogP contribution in [0.4, 0.5) is 0 Å². The number of hydrogen-bond acceptors (Lipinski definition) is 2. The van der Waals surface area contributed by atoms with Crippen molar-refractivity contribution in [2.45, 2.75) is 38.5 Å². The van der Waals surface area contributed by atoms with E-state index in [1.807, 2.05) is 0 Å². The monoisotopic (exact) mass is 261 g/mol. The summed E-state index contributed by atoms with van der Waals surface area (Å²) < 4.78 is 5.19. The van der Waals surface area contributed by atoms with Crippen LogP contribution in [0.15, 0.2) is 30.3 Å². The first-order valence-electron chi connectivity index (χ1n) is 7.50. The molecule has 0 spiro atoms. The highest BCUT2D eigenvalue weighted by Gasteiger charge is 2.41. The molecule has 0 amide bonds. The lowest BCUT2D eigenvalue weighted by atomic mass is 9.97. The molecule has 1 fully saturated rings. The van der Waals surface area contributed by atoms with Crippen molar-refractivity contribution in [3.63, 3.8) is 0 Å². The summed E-state index contributed by atoms with van der Waals surface area (Å²) >= 11 is 0. The molecule has 1 aliphatic rings. The molecule has 0 aromatic heterocycles. The van der Waals surface area contributed by atoms with Gasteiger partial charge in [-0.05, 0) is 49.1 Å². The Morgan fingerprint density at radius 3 is 2.63 bits per heavy atom. The molecule has 1 aromatic carbocycles. The number of methoxy groups -OCH3 is 1. The molecule has 0 bridgehead atoms. The Morgan fingerprint density at radius 2 is 2.00 bits per heavy atom. The summed E-state index contributed by atoms with van der Waals surface area (Å²) in [6.45, 7) is 5.50. The highest BCUT2D eigenvalue weighted by atomic mass is 16.5. The van der Waals surface area contributed by atoms with Gasteiger partial charge in [-0.1, -0.05) is 37.3 Å². The molecule has 1 atom stereocenters. The summed E-state index contributed by atoms with van der Waals surface area (Å²) in [5.74, 6) is 0.642. The normalized spacial score (nSPS) is 18.2. The van der Waals surface area contributed by atoms with Gasteiger partial charge in [0.2, 0.25) is 0 Å². The fourth-order valence-corrected chi connectivity index (χ4v) is 2.63. The van der Waals surface area contributed by atoms with Crippen LogP contribution in [0.1, 0.15) is 44.1 Å². The topological polar surface area (TPSA) is 21.3 Å². The number of benzene rings is 1. The standard InChI is InChI=1S/C17H27NO/c1-15(16-6-4-3-5-7-16)8-12-18-14-17(9-10-17)11-13-19-2/h3-7,15,18H,8-14H2,1-2H3. The molecular weight excluding hydrogens is 234 g/mol. The van der Waals surface area contributed by atoms with Crippen LogP contribution in [-0.2, 0) is 4.74 Å². The molecule has 0 saturated heterocycles. The van der Waals surface area contributed by atoms with Crippen LogP contribution in [0, 0.1) is 5.41 Å². The van der Waals surface area contributed by atoms with Crippen molar-refractivity contribution >= 4 is 0 Å². The Bertz CT molecular complexity index is 359. The molecule has 19 heavy (non-hydrogen) atoms. The van der Waals surface area contributed by atoms with E-state index in [2.05, 4.69) is 42.6 Å². The summed E-state index contributed by atoms with van der Waals surface area (Å²) in [6, 6.07) is 10.8. The van der Waals surface area contributed by atoms with E-state index >= 15 is 0 Å². The third-order valence-electron chi connectivity index (χ3n) is 4.42. The molecule has 0 aliphatic heterocycles. The summed E-state index contributed by atoms with van der Waals surface area (Å²) in [7, 11) is 1.80. The minimum atomic E-state index is 0.562. The van der Waals surface area contributed by atoms with Crippen molar-refractivity contribution in [2.24, 2.45) is 5.41 Å². The van der Waals surface area contributed by atoms with Gasteiger partial charge in [-0.3, -0.25) is 0 Å². The van der Waals surface area contributed by atoms with E-state index in [9.17, 15) is 0 Å². The van der Waals surface area contributed by atoms with E-state index in [4.69, 9.17) is 4.74 Å². The first-order chi connectivity index (χ1) is 9.26. The van der Waals surface area contributed by atoms with Gasteiger partial charge in [0.05, 0.1) is 0 Å². The second-order valence-corrected chi connectivity index (χ2v) is 6.02. The highest BCUT2D eigenvalue weighted by Crippen LogP contribution is 2.48. The number of rotatable bonds is 9. The van der Waals surface area contributed by atoms with Crippen molar-refractivity contribution < 1.29 is 4.74 Å². The fourth-order valence-electron chi connectivity index (χ4n) is 2.63. The Labute approximate surface area is 117 Å². The second-order valence-electron chi connectivity index (χ2n) is 6.02. The molecule has 1 saturated carbocycles. The average molecular weight is 261 g/mol. The quantitative estimate of drug-likeness (QED) is 0.686. The minimum absolute atomic E-state index is 0.562. The molecule has 1 N–H and O–H groups in total. The Morgan fingerprint density at radius 1 is 1.26 bits per heavy atom. The smallest absolute Gasteiger partial charge is 0.0468 e. The number of ether oxygens (including phenoxy) is 1. The molecule has 2 heteroatoms. The van der Waals surface area contributed by atoms with E-state index in [1.165, 1.54) is 31.2 Å². The van der Waals surface area contributed by atoms with Gasteiger partial charge in [0.15, 0.2) is 0 Å². The van der Waals surface area contributed by atoms with Gasteiger partial charge in [0, 0.05) is 20.3 Å². The lowest BCUT2D eigenvalue weighted by Crippen LogP contribution is -2.26. The van der Waals surface area contributed by atoms with E-state index in [-0.39, 0.29) is 0 Å². The predicted octanol–water partition coefficient (Wildman–Crippen LogP) is 3.59.